The number of aliphatic hydroxyl groups is 1. The van der Waals surface area contributed by atoms with Gasteiger partial charge < -0.3 is 20.5 Å². The van der Waals surface area contributed by atoms with Crippen molar-refractivity contribution in [2.24, 2.45) is 0 Å². The van der Waals surface area contributed by atoms with E-state index in [9.17, 15) is 4.79 Å². The number of rotatable bonds is 8. The normalized spacial score (nSPS) is 10.5. The number of esters is 1. The van der Waals surface area contributed by atoms with Crippen LogP contribution in [0.3, 0.4) is 0 Å². The maximum atomic E-state index is 12.1. The van der Waals surface area contributed by atoms with E-state index in [1.807, 2.05) is 11.9 Å². The van der Waals surface area contributed by atoms with E-state index in [0.29, 0.717) is 28.6 Å². The lowest BCUT2D eigenvalue weighted by molar-refractivity contribution is 0.0527. The Bertz CT molecular complexity index is 480. The summed E-state index contributed by atoms with van der Waals surface area (Å²) < 4.78 is 5.06. The SMILES string of the molecule is CCOC(=O)c1cc(N)cc(Cl)c1N(C)CCCCCO. The largest absolute Gasteiger partial charge is 0.462 e. The average molecular weight is 315 g/mol. The Morgan fingerprint density at radius 3 is 2.71 bits per heavy atom. The number of unbranched alkanes of at least 4 members (excludes halogenated alkanes) is 2. The van der Waals surface area contributed by atoms with Crippen LogP contribution in [0.2, 0.25) is 5.02 Å². The number of anilines is 2. The number of nitrogens with zero attached hydrogens (tertiary/aromatic N) is 1. The molecule has 5 nitrogen and oxygen atoms in total. The number of hydrogen-bond donors (Lipinski definition) is 2. The number of aliphatic hydroxyl groups excluding tert-OH is 1. The Labute approximate surface area is 130 Å². The predicted molar refractivity (Wildman–Crippen MR) is 86.0 cm³/mol. The number of hydrogen-bond acceptors (Lipinski definition) is 5. The van der Waals surface area contributed by atoms with Crippen LogP contribution in [0.5, 0.6) is 0 Å². The minimum Gasteiger partial charge on any atom is -0.462 e. The monoisotopic (exact) mass is 314 g/mol. The first-order valence-electron chi connectivity index (χ1n) is 7.09. The van der Waals surface area contributed by atoms with Crippen LogP contribution in [0.4, 0.5) is 11.4 Å². The first-order chi connectivity index (χ1) is 10.0. The average Bonchev–Trinajstić information content (AvgIpc) is 2.42. The second-order valence-corrected chi connectivity index (χ2v) is 5.23. The Balaban J connectivity index is 2.95. The third kappa shape index (κ3) is 5.10. The zero-order valence-electron chi connectivity index (χ0n) is 12.6. The molecule has 0 atom stereocenters. The molecule has 0 aliphatic carbocycles. The highest BCUT2D eigenvalue weighted by Gasteiger charge is 2.19. The number of carbonyl (C=O) groups is 1. The molecule has 1 aromatic rings. The molecule has 0 heterocycles. The number of halogens is 1. The van der Waals surface area contributed by atoms with Crippen LogP contribution in [-0.4, -0.2) is 37.9 Å². The summed E-state index contributed by atoms with van der Waals surface area (Å²) in [6, 6.07) is 3.22. The summed E-state index contributed by atoms with van der Waals surface area (Å²) in [7, 11) is 1.87. The minimum atomic E-state index is -0.427. The van der Waals surface area contributed by atoms with Crippen LogP contribution in [-0.2, 0) is 4.74 Å². The first-order valence-corrected chi connectivity index (χ1v) is 7.47. The molecule has 0 saturated carbocycles. The maximum Gasteiger partial charge on any atom is 0.340 e. The van der Waals surface area contributed by atoms with Crippen molar-refractivity contribution in [1.29, 1.82) is 0 Å². The molecular formula is C15H23ClN2O3. The molecule has 0 amide bonds. The number of ether oxygens (including phenoxy) is 1. The van der Waals surface area contributed by atoms with Crippen molar-refractivity contribution < 1.29 is 14.6 Å². The van der Waals surface area contributed by atoms with Crippen molar-refractivity contribution >= 4 is 28.9 Å². The standard InChI is InChI=1S/C15H23ClN2O3/c1-3-21-15(20)12-9-11(17)10-13(16)14(12)18(2)7-5-4-6-8-19/h9-10,19H,3-8,17H2,1-2H3. The van der Waals surface area contributed by atoms with Gasteiger partial charge in [-0.15, -0.1) is 0 Å². The molecule has 3 N–H and O–H groups in total. The minimum absolute atomic E-state index is 0.195. The van der Waals surface area contributed by atoms with Gasteiger partial charge in [-0.05, 0) is 38.3 Å². The molecule has 0 aliphatic rings. The molecule has 1 rings (SSSR count). The van der Waals surface area contributed by atoms with Gasteiger partial charge in [0.1, 0.15) is 0 Å². The molecular weight excluding hydrogens is 292 g/mol. The Morgan fingerprint density at radius 1 is 1.38 bits per heavy atom. The molecule has 1 aromatic carbocycles. The number of nitrogens with two attached hydrogens (primary N) is 1. The first kappa shape index (κ1) is 17.6. The van der Waals surface area contributed by atoms with E-state index in [2.05, 4.69) is 0 Å². The number of benzene rings is 1. The molecule has 21 heavy (non-hydrogen) atoms. The van der Waals surface area contributed by atoms with Gasteiger partial charge in [-0.3, -0.25) is 0 Å². The highest BCUT2D eigenvalue weighted by Crippen LogP contribution is 2.32. The third-order valence-electron chi connectivity index (χ3n) is 3.11. The van der Waals surface area contributed by atoms with Gasteiger partial charge in [-0.1, -0.05) is 11.6 Å². The highest BCUT2D eigenvalue weighted by atomic mass is 35.5. The molecule has 0 saturated heterocycles. The summed E-state index contributed by atoms with van der Waals surface area (Å²) in [5.74, 6) is -0.427. The third-order valence-corrected chi connectivity index (χ3v) is 3.40. The van der Waals surface area contributed by atoms with Crippen molar-refractivity contribution in [3.63, 3.8) is 0 Å². The Kier molecular flexibility index (Phi) is 7.32. The maximum absolute atomic E-state index is 12.1. The molecule has 0 aromatic heterocycles. The number of nitrogen functional groups attached to an aromatic ring is 1. The van der Waals surface area contributed by atoms with Crippen molar-refractivity contribution in [2.45, 2.75) is 26.2 Å². The smallest absolute Gasteiger partial charge is 0.340 e. The van der Waals surface area contributed by atoms with Crippen LogP contribution in [0, 0.1) is 0 Å². The fraction of sp³-hybridized carbons (Fsp3) is 0.533. The van der Waals surface area contributed by atoms with E-state index in [1.165, 1.54) is 0 Å². The van der Waals surface area contributed by atoms with Crippen LogP contribution in [0.1, 0.15) is 36.5 Å². The lowest BCUT2D eigenvalue weighted by Crippen LogP contribution is -2.22. The van der Waals surface area contributed by atoms with Gasteiger partial charge in [-0.2, -0.15) is 0 Å². The van der Waals surface area contributed by atoms with E-state index >= 15 is 0 Å². The molecule has 0 fully saturated rings. The van der Waals surface area contributed by atoms with Gasteiger partial charge in [0, 0.05) is 25.9 Å². The van der Waals surface area contributed by atoms with Crippen molar-refractivity contribution in [3.05, 3.63) is 22.7 Å². The van der Waals surface area contributed by atoms with E-state index in [-0.39, 0.29) is 6.61 Å². The van der Waals surface area contributed by atoms with Gasteiger partial charge in [0.25, 0.3) is 0 Å². The highest BCUT2D eigenvalue weighted by molar-refractivity contribution is 6.34. The summed E-state index contributed by atoms with van der Waals surface area (Å²) >= 11 is 6.24. The molecule has 118 valence electrons. The second-order valence-electron chi connectivity index (χ2n) is 4.83. The summed E-state index contributed by atoms with van der Waals surface area (Å²) in [5.41, 5.74) is 7.21. The molecule has 0 aliphatic heterocycles. The van der Waals surface area contributed by atoms with Crippen molar-refractivity contribution in [1.82, 2.24) is 0 Å². The summed E-state index contributed by atoms with van der Waals surface area (Å²) in [6.07, 6.45) is 2.59. The molecule has 6 heteroatoms. The van der Waals surface area contributed by atoms with Crippen LogP contribution in [0.25, 0.3) is 0 Å². The summed E-state index contributed by atoms with van der Waals surface area (Å²) in [6.45, 7) is 2.98. The van der Waals surface area contributed by atoms with Crippen LogP contribution < -0.4 is 10.6 Å². The summed E-state index contributed by atoms with van der Waals surface area (Å²) in [5, 5.41) is 9.22. The van der Waals surface area contributed by atoms with E-state index < -0.39 is 5.97 Å². The van der Waals surface area contributed by atoms with Crippen molar-refractivity contribution in [2.75, 3.05) is 37.4 Å². The topological polar surface area (TPSA) is 75.8 Å². The fourth-order valence-electron chi connectivity index (χ4n) is 2.12. The molecule has 0 spiro atoms. The summed E-state index contributed by atoms with van der Waals surface area (Å²) in [4.78, 5) is 14.0. The van der Waals surface area contributed by atoms with Gasteiger partial charge in [0.15, 0.2) is 0 Å². The van der Waals surface area contributed by atoms with Gasteiger partial charge in [0.2, 0.25) is 0 Å². The number of carbonyl (C=O) groups excluding carboxylic acids is 1. The van der Waals surface area contributed by atoms with Crippen LogP contribution in [0.15, 0.2) is 12.1 Å². The molecule has 0 radical (unpaired) electrons. The molecule has 0 bridgehead atoms. The quantitative estimate of drug-likeness (QED) is 0.438. The van der Waals surface area contributed by atoms with E-state index in [0.717, 1.165) is 25.8 Å². The van der Waals surface area contributed by atoms with Gasteiger partial charge in [-0.25, -0.2) is 4.79 Å². The second kappa shape index (κ2) is 8.74. The van der Waals surface area contributed by atoms with E-state index in [4.69, 9.17) is 27.2 Å². The van der Waals surface area contributed by atoms with Crippen molar-refractivity contribution in [3.8, 4) is 0 Å². The Morgan fingerprint density at radius 2 is 2.10 bits per heavy atom. The van der Waals surface area contributed by atoms with Gasteiger partial charge >= 0.3 is 5.97 Å². The Hall–Kier alpha value is -1.46. The zero-order chi connectivity index (χ0) is 15.8. The van der Waals surface area contributed by atoms with E-state index in [1.54, 1.807) is 19.1 Å². The lowest BCUT2D eigenvalue weighted by Gasteiger charge is -2.23. The fourth-order valence-corrected chi connectivity index (χ4v) is 2.49. The zero-order valence-corrected chi connectivity index (χ0v) is 13.3. The molecule has 0 unspecified atom stereocenters. The van der Waals surface area contributed by atoms with Gasteiger partial charge in [0.05, 0.1) is 22.9 Å². The lowest BCUT2D eigenvalue weighted by atomic mass is 10.1. The predicted octanol–water partition coefficient (Wildman–Crippen LogP) is 2.70. The van der Waals surface area contributed by atoms with Crippen LogP contribution >= 0.6 is 11.6 Å².